The SMILES string of the molecule is O=S(=O)(N[C@H]1CCCc2occc21)c1cccc2nsnc12. The molecule has 0 saturated carbocycles. The number of benzene rings is 1. The van der Waals surface area contributed by atoms with Crippen LogP contribution in [0.25, 0.3) is 11.0 Å². The third-order valence-corrected chi connectivity index (χ3v) is 5.93. The molecule has 6 nitrogen and oxygen atoms in total. The maximum absolute atomic E-state index is 12.7. The second kappa shape index (κ2) is 5.15. The van der Waals surface area contributed by atoms with Gasteiger partial charge in [0, 0.05) is 12.0 Å². The van der Waals surface area contributed by atoms with Gasteiger partial charge in [-0.05, 0) is 31.0 Å². The van der Waals surface area contributed by atoms with Crippen LogP contribution in [0.3, 0.4) is 0 Å². The van der Waals surface area contributed by atoms with E-state index in [1.54, 1.807) is 24.5 Å². The predicted molar refractivity (Wildman–Crippen MR) is 82.1 cm³/mol. The molecule has 8 heteroatoms. The lowest BCUT2D eigenvalue weighted by Gasteiger charge is -2.22. The Balaban J connectivity index is 1.73. The van der Waals surface area contributed by atoms with Gasteiger partial charge < -0.3 is 4.42 Å². The second-order valence-corrected chi connectivity index (χ2v) is 7.46. The average molecular weight is 335 g/mol. The lowest BCUT2D eigenvalue weighted by atomic mass is 9.94. The van der Waals surface area contributed by atoms with Crippen LogP contribution < -0.4 is 4.72 Å². The molecule has 0 amide bonds. The molecule has 1 aromatic carbocycles. The van der Waals surface area contributed by atoms with Gasteiger partial charge in [-0.3, -0.25) is 0 Å². The lowest BCUT2D eigenvalue weighted by molar-refractivity contribution is 0.438. The summed E-state index contributed by atoms with van der Waals surface area (Å²) < 4.78 is 41.9. The van der Waals surface area contributed by atoms with Crippen molar-refractivity contribution < 1.29 is 12.8 Å². The van der Waals surface area contributed by atoms with Crippen LogP contribution in [0.4, 0.5) is 0 Å². The fourth-order valence-electron chi connectivity index (χ4n) is 2.86. The van der Waals surface area contributed by atoms with Crippen molar-refractivity contribution in [1.82, 2.24) is 13.5 Å². The van der Waals surface area contributed by atoms with Crippen LogP contribution >= 0.6 is 11.7 Å². The zero-order valence-electron chi connectivity index (χ0n) is 11.5. The van der Waals surface area contributed by atoms with Gasteiger partial charge in [-0.1, -0.05) is 6.07 Å². The average Bonchev–Trinajstić information content (AvgIpc) is 3.15. The molecule has 0 unspecified atom stereocenters. The van der Waals surface area contributed by atoms with Crippen molar-refractivity contribution in [2.45, 2.75) is 30.2 Å². The van der Waals surface area contributed by atoms with Gasteiger partial charge in [0.25, 0.3) is 0 Å². The van der Waals surface area contributed by atoms with Gasteiger partial charge >= 0.3 is 0 Å². The van der Waals surface area contributed by atoms with E-state index in [0.717, 1.165) is 42.3 Å². The van der Waals surface area contributed by atoms with Gasteiger partial charge in [-0.15, -0.1) is 0 Å². The summed E-state index contributed by atoms with van der Waals surface area (Å²) in [5.74, 6) is 0.868. The molecule has 0 aliphatic heterocycles. The topological polar surface area (TPSA) is 85.1 Å². The summed E-state index contributed by atoms with van der Waals surface area (Å²) >= 11 is 1.01. The predicted octanol–water partition coefficient (Wildman–Crippen LogP) is 2.64. The number of nitrogens with one attached hydrogen (secondary N) is 1. The first-order valence-corrected chi connectivity index (χ1v) is 9.16. The van der Waals surface area contributed by atoms with Gasteiger partial charge in [-0.2, -0.15) is 8.75 Å². The van der Waals surface area contributed by atoms with Gasteiger partial charge in [-0.25, -0.2) is 13.1 Å². The molecular formula is C14H13N3O3S2. The van der Waals surface area contributed by atoms with Gasteiger partial charge in [0.15, 0.2) is 0 Å². The molecule has 3 aromatic rings. The number of hydrogen-bond acceptors (Lipinski definition) is 6. The molecule has 0 radical (unpaired) electrons. The molecule has 0 saturated heterocycles. The third-order valence-electron chi connectivity index (χ3n) is 3.89. The number of nitrogens with zero attached hydrogens (tertiary/aromatic N) is 2. The first kappa shape index (κ1) is 13.9. The Hall–Kier alpha value is -1.77. The first-order chi connectivity index (χ1) is 10.6. The van der Waals surface area contributed by atoms with E-state index in [1.165, 1.54) is 0 Å². The van der Waals surface area contributed by atoms with Crippen LogP contribution in [0.15, 0.2) is 39.8 Å². The highest BCUT2D eigenvalue weighted by molar-refractivity contribution is 7.89. The quantitative estimate of drug-likeness (QED) is 0.795. The van der Waals surface area contributed by atoms with Gasteiger partial charge in [0.2, 0.25) is 10.0 Å². The van der Waals surface area contributed by atoms with E-state index in [-0.39, 0.29) is 10.9 Å². The van der Waals surface area contributed by atoms with E-state index in [0.29, 0.717) is 11.0 Å². The number of aromatic nitrogens is 2. The van der Waals surface area contributed by atoms with Crippen molar-refractivity contribution in [2.24, 2.45) is 0 Å². The van der Waals surface area contributed by atoms with E-state index < -0.39 is 10.0 Å². The molecule has 1 aliphatic carbocycles. The maximum atomic E-state index is 12.7. The summed E-state index contributed by atoms with van der Waals surface area (Å²) in [4.78, 5) is 0.175. The Morgan fingerprint density at radius 1 is 1.27 bits per heavy atom. The summed E-state index contributed by atoms with van der Waals surface area (Å²) in [6, 6.07) is 6.58. The Morgan fingerprint density at radius 2 is 2.18 bits per heavy atom. The molecule has 0 bridgehead atoms. The molecule has 1 N–H and O–H groups in total. The Labute approximate surface area is 131 Å². The summed E-state index contributed by atoms with van der Waals surface area (Å²) in [6.45, 7) is 0. The van der Waals surface area contributed by atoms with E-state index in [1.807, 2.05) is 6.07 Å². The van der Waals surface area contributed by atoms with E-state index in [4.69, 9.17) is 4.42 Å². The van der Waals surface area contributed by atoms with Crippen molar-refractivity contribution >= 4 is 32.8 Å². The number of rotatable bonds is 3. The number of sulfonamides is 1. The number of hydrogen-bond donors (Lipinski definition) is 1. The molecule has 2 aromatic heterocycles. The Kier molecular flexibility index (Phi) is 3.24. The fourth-order valence-corrected chi connectivity index (χ4v) is 4.87. The standard InChI is InChI=1S/C14H13N3O3S2/c18-22(19,13-6-2-4-11-14(13)16-21-15-11)17-10-3-1-5-12-9(10)7-8-20-12/h2,4,6-8,10,17H,1,3,5H2/t10-/m0/s1. The van der Waals surface area contributed by atoms with Crippen molar-refractivity contribution in [1.29, 1.82) is 0 Å². The van der Waals surface area contributed by atoms with Crippen LogP contribution in [0.1, 0.15) is 30.2 Å². The molecule has 0 fully saturated rings. The minimum atomic E-state index is -3.66. The monoisotopic (exact) mass is 335 g/mol. The van der Waals surface area contributed by atoms with E-state index in [9.17, 15) is 8.42 Å². The molecule has 1 aliphatic rings. The number of fused-ring (bicyclic) bond motifs is 2. The minimum Gasteiger partial charge on any atom is -0.469 e. The third kappa shape index (κ3) is 2.23. The Morgan fingerprint density at radius 3 is 3.09 bits per heavy atom. The highest BCUT2D eigenvalue weighted by Gasteiger charge is 2.28. The fraction of sp³-hybridized carbons (Fsp3) is 0.286. The summed E-state index contributed by atoms with van der Waals surface area (Å²) in [5.41, 5.74) is 1.95. The van der Waals surface area contributed by atoms with Crippen molar-refractivity contribution in [3.8, 4) is 0 Å². The highest BCUT2D eigenvalue weighted by Crippen LogP contribution is 2.32. The van der Waals surface area contributed by atoms with Crippen LogP contribution in [-0.4, -0.2) is 17.2 Å². The van der Waals surface area contributed by atoms with Gasteiger partial charge in [0.05, 0.1) is 24.0 Å². The Bertz CT molecular complexity index is 930. The summed E-state index contributed by atoms with van der Waals surface area (Å²) in [5, 5.41) is 0. The zero-order valence-corrected chi connectivity index (χ0v) is 13.2. The maximum Gasteiger partial charge on any atom is 0.243 e. The largest absolute Gasteiger partial charge is 0.469 e. The van der Waals surface area contributed by atoms with Crippen molar-refractivity contribution in [3.05, 3.63) is 41.9 Å². The number of aryl methyl sites for hydroxylation is 1. The normalized spacial score (nSPS) is 18.5. The molecule has 22 heavy (non-hydrogen) atoms. The lowest BCUT2D eigenvalue weighted by Crippen LogP contribution is -2.30. The van der Waals surface area contributed by atoms with Crippen LogP contribution in [-0.2, 0) is 16.4 Å². The summed E-state index contributed by atoms with van der Waals surface area (Å²) in [7, 11) is -3.66. The molecular weight excluding hydrogens is 322 g/mol. The van der Waals surface area contributed by atoms with Crippen LogP contribution in [0.5, 0.6) is 0 Å². The molecule has 4 rings (SSSR count). The minimum absolute atomic E-state index is 0.175. The molecule has 2 heterocycles. The summed E-state index contributed by atoms with van der Waals surface area (Å²) in [6.07, 6.45) is 4.13. The van der Waals surface area contributed by atoms with E-state index in [2.05, 4.69) is 13.5 Å². The first-order valence-electron chi connectivity index (χ1n) is 6.95. The van der Waals surface area contributed by atoms with Crippen molar-refractivity contribution in [2.75, 3.05) is 0 Å². The van der Waals surface area contributed by atoms with Crippen LogP contribution in [0, 0.1) is 0 Å². The van der Waals surface area contributed by atoms with E-state index >= 15 is 0 Å². The zero-order chi connectivity index (χ0) is 15.2. The van der Waals surface area contributed by atoms with Crippen molar-refractivity contribution in [3.63, 3.8) is 0 Å². The van der Waals surface area contributed by atoms with Gasteiger partial charge in [0.1, 0.15) is 21.7 Å². The molecule has 114 valence electrons. The van der Waals surface area contributed by atoms with Crippen LogP contribution in [0.2, 0.25) is 0 Å². The number of furan rings is 1. The smallest absolute Gasteiger partial charge is 0.243 e. The second-order valence-electron chi connectivity index (χ2n) is 5.25. The highest BCUT2D eigenvalue weighted by atomic mass is 32.2. The molecule has 0 spiro atoms. The molecule has 1 atom stereocenters.